The number of aromatic nitrogens is 2. The van der Waals surface area contributed by atoms with Gasteiger partial charge in [-0.1, -0.05) is 19.0 Å². The molecule has 0 spiro atoms. The SMILES string of the molecule is Cc1cc(C2(NC(=O)Nc3nc4c(s3)CC(C)(C)CC4)CCOCC2)on1. The van der Waals surface area contributed by atoms with Gasteiger partial charge in [0.25, 0.3) is 0 Å². The Balaban J connectivity index is 1.49. The molecule has 8 heteroatoms. The highest BCUT2D eigenvalue weighted by atomic mass is 32.1. The first-order chi connectivity index (χ1) is 12.9. The highest BCUT2D eigenvalue weighted by Gasteiger charge is 2.40. The smallest absolute Gasteiger partial charge is 0.321 e. The predicted octanol–water partition coefficient (Wildman–Crippen LogP) is 3.78. The van der Waals surface area contributed by atoms with Crippen LogP contribution in [0.1, 0.15) is 55.1 Å². The molecule has 7 nitrogen and oxygen atoms in total. The Kier molecular flexibility index (Phi) is 4.71. The molecule has 4 rings (SSSR count). The Morgan fingerprint density at radius 2 is 2.04 bits per heavy atom. The molecule has 3 heterocycles. The number of carbonyl (C=O) groups excluding carboxylic acids is 1. The lowest BCUT2D eigenvalue weighted by molar-refractivity contribution is 0.0307. The Morgan fingerprint density at radius 1 is 1.26 bits per heavy atom. The van der Waals surface area contributed by atoms with E-state index in [-0.39, 0.29) is 6.03 Å². The highest BCUT2D eigenvalue weighted by molar-refractivity contribution is 7.15. The second kappa shape index (κ2) is 6.91. The van der Waals surface area contributed by atoms with Crippen LogP contribution in [0.15, 0.2) is 10.6 Å². The maximum Gasteiger partial charge on any atom is 0.321 e. The van der Waals surface area contributed by atoms with E-state index in [1.807, 2.05) is 13.0 Å². The van der Waals surface area contributed by atoms with Crippen molar-refractivity contribution in [3.8, 4) is 0 Å². The molecule has 1 fully saturated rings. The second-order valence-corrected chi connectivity index (χ2v) is 9.42. The Bertz CT molecular complexity index is 836. The van der Waals surface area contributed by atoms with Crippen molar-refractivity contribution in [2.75, 3.05) is 18.5 Å². The van der Waals surface area contributed by atoms with Crippen molar-refractivity contribution in [1.82, 2.24) is 15.5 Å². The third-order valence-electron chi connectivity index (χ3n) is 5.48. The lowest BCUT2D eigenvalue weighted by Crippen LogP contribution is -2.50. The molecule has 0 radical (unpaired) electrons. The van der Waals surface area contributed by atoms with E-state index in [0.717, 1.165) is 30.7 Å². The number of amides is 2. The molecule has 1 saturated heterocycles. The van der Waals surface area contributed by atoms with Gasteiger partial charge in [-0.05, 0) is 31.6 Å². The minimum absolute atomic E-state index is 0.267. The Hall–Kier alpha value is -1.93. The van der Waals surface area contributed by atoms with Gasteiger partial charge >= 0.3 is 6.03 Å². The largest absolute Gasteiger partial charge is 0.381 e. The summed E-state index contributed by atoms with van der Waals surface area (Å²) in [6.45, 7) is 7.58. The van der Waals surface area contributed by atoms with Crippen molar-refractivity contribution in [2.24, 2.45) is 5.41 Å². The quantitative estimate of drug-likeness (QED) is 0.832. The molecule has 2 amide bonds. The van der Waals surface area contributed by atoms with Crippen molar-refractivity contribution >= 4 is 22.5 Å². The van der Waals surface area contributed by atoms with Crippen LogP contribution in [-0.2, 0) is 23.1 Å². The van der Waals surface area contributed by atoms with Gasteiger partial charge in [-0.2, -0.15) is 0 Å². The Morgan fingerprint density at radius 3 is 2.74 bits per heavy atom. The van der Waals surface area contributed by atoms with Crippen LogP contribution in [0, 0.1) is 12.3 Å². The zero-order valence-corrected chi connectivity index (χ0v) is 16.9. The summed E-state index contributed by atoms with van der Waals surface area (Å²) in [5.41, 5.74) is 1.63. The van der Waals surface area contributed by atoms with Crippen molar-refractivity contribution in [3.63, 3.8) is 0 Å². The number of urea groups is 1. The first-order valence-electron chi connectivity index (χ1n) is 9.45. The molecule has 2 aliphatic rings. The lowest BCUT2D eigenvalue weighted by atomic mass is 9.79. The van der Waals surface area contributed by atoms with Crippen molar-refractivity contribution in [3.05, 3.63) is 28.1 Å². The average molecular weight is 391 g/mol. The number of ether oxygens (including phenoxy) is 1. The number of hydrogen-bond donors (Lipinski definition) is 2. The van der Waals surface area contributed by atoms with Gasteiger partial charge in [0.05, 0.1) is 11.4 Å². The third-order valence-corrected chi connectivity index (χ3v) is 6.49. The molecular weight excluding hydrogens is 364 g/mol. The highest BCUT2D eigenvalue weighted by Crippen LogP contribution is 2.39. The van der Waals surface area contributed by atoms with E-state index in [2.05, 4.69) is 34.6 Å². The maximum atomic E-state index is 12.7. The summed E-state index contributed by atoms with van der Waals surface area (Å²) in [7, 11) is 0. The second-order valence-electron chi connectivity index (χ2n) is 8.34. The molecule has 1 aliphatic carbocycles. The predicted molar refractivity (Wildman–Crippen MR) is 103 cm³/mol. The van der Waals surface area contributed by atoms with Gasteiger partial charge in [0.15, 0.2) is 10.9 Å². The van der Waals surface area contributed by atoms with Crippen molar-refractivity contribution in [1.29, 1.82) is 0 Å². The summed E-state index contributed by atoms with van der Waals surface area (Å²) < 4.78 is 11.0. The van der Waals surface area contributed by atoms with Gasteiger partial charge in [-0.15, -0.1) is 11.3 Å². The molecule has 2 aromatic rings. The zero-order chi connectivity index (χ0) is 19.1. The lowest BCUT2D eigenvalue weighted by Gasteiger charge is -2.35. The molecule has 2 N–H and O–H groups in total. The van der Waals surface area contributed by atoms with Gasteiger partial charge in [0, 0.05) is 37.0 Å². The van der Waals surface area contributed by atoms with Crippen LogP contribution >= 0.6 is 11.3 Å². The van der Waals surface area contributed by atoms with E-state index in [1.54, 1.807) is 11.3 Å². The van der Waals surface area contributed by atoms with E-state index >= 15 is 0 Å². The van der Waals surface area contributed by atoms with Gasteiger partial charge in [-0.25, -0.2) is 9.78 Å². The number of rotatable bonds is 3. The number of thiazole rings is 1. The van der Waals surface area contributed by atoms with Gasteiger partial charge in [0.2, 0.25) is 0 Å². The first-order valence-corrected chi connectivity index (χ1v) is 10.3. The molecule has 0 saturated carbocycles. The summed E-state index contributed by atoms with van der Waals surface area (Å²) in [5, 5.41) is 10.7. The van der Waals surface area contributed by atoms with Crippen LogP contribution < -0.4 is 10.6 Å². The van der Waals surface area contributed by atoms with Gasteiger partial charge < -0.3 is 14.6 Å². The van der Waals surface area contributed by atoms with Gasteiger partial charge in [0.1, 0.15) is 5.54 Å². The van der Waals surface area contributed by atoms with Crippen molar-refractivity contribution < 1.29 is 14.1 Å². The van der Waals surface area contributed by atoms with E-state index in [0.29, 0.717) is 42.4 Å². The number of carbonyl (C=O) groups is 1. The first kappa shape index (κ1) is 18.4. The summed E-state index contributed by atoms with van der Waals surface area (Å²) in [4.78, 5) is 18.7. The molecule has 0 unspecified atom stereocenters. The van der Waals surface area contributed by atoms with Crippen LogP contribution in [0.2, 0.25) is 0 Å². The van der Waals surface area contributed by atoms with Crippen LogP contribution in [0.5, 0.6) is 0 Å². The number of aryl methyl sites for hydroxylation is 2. The normalized spacial score (nSPS) is 20.7. The summed E-state index contributed by atoms with van der Waals surface area (Å²) in [5.74, 6) is 0.679. The van der Waals surface area contributed by atoms with E-state index in [4.69, 9.17) is 9.26 Å². The van der Waals surface area contributed by atoms with Crippen LogP contribution in [0.4, 0.5) is 9.93 Å². The average Bonchev–Trinajstić information content (AvgIpc) is 3.20. The molecule has 146 valence electrons. The monoisotopic (exact) mass is 390 g/mol. The van der Waals surface area contributed by atoms with Crippen LogP contribution in [0.3, 0.4) is 0 Å². The summed E-state index contributed by atoms with van der Waals surface area (Å²) >= 11 is 1.58. The number of hydrogen-bond acceptors (Lipinski definition) is 6. The summed E-state index contributed by atoms with van der Waals surface area (Å²) in [6, 6.07) is 1.62. The van der Waals surface area contributed by atoms with Crippen molar-refractivity contribution in [2.45, 2.75) is 58.4 Å². The molecule has 27 heavy (non-hydrogen) atoms. The number of anilines is 1. The minimum Gasteiger partial charge on any atom is -0.381 e. The fourth-order valence-corrected chi connectivity index (χ4v) is 5.10. The molecule has 0 atom stereocenters. The third kappa shape index (κ3) is 3.87. The number of nitrogens with zero attached hydrogens (tertiary/aromatic N) is 2. The number of nitrogens with one attached hydrogen (secondary N) is 2. The van der Waals surface area contributed by atoms with Crippen LogP contribution in [0.25, 0.3) is 0 Å². The maximum absolute atomic E-state index is 12.7. The van der Waals surface area contributed by atoms with E-state index in [9.17, 15) is 4.79 Å². The molecule has 1 aliphatic heterocycles. The zero-order valence-electron chi connectivity index (χ0n) is 16.1. The Labute approximate surface area is 162 Å². The topological polar surface area (TPSA) is 89.3 Å². The molecule has 2 aromatic heterocycles. The standard InChI is InChI=1S/C19H26N4O3S/c1-12-10-15(26-23-12)19(6-8-25-9-7-19)22-16(24)21-17-20-13-4-5-18(2,3)11-14(13)27-17/h10H,4-9,11H2,1-3H3,(H2,20,21,22,24). The van der Waals surface area contributed by atoms with Crippen LogP contribution in [-0.4, -0.2) is 29.4 Å². The fraction of sp³-hybridized carbons (Fsp3) is 0.632. The van der Waals surface area contributed by atoms with E-state index < -0.39 is 5.54 Å². The molecular formula is C19H26N4O3S. The van der Waals surface area contributed by atoms with Gasteiger partial charge in [-0.3, -0.25) is 5.32 Å². The fourth-order valence-electron chi connectivity index (χ4n) is 3.84. The minimum atomic E-state index is -0.595. The molecule has 0 bridgehead atoms. The molecule has 0 aromatic carbocycles. The van der Waals surface area contributed by atoms with E-state index in [1.165, 1.54) is 4.88 Å². The number of fused-ring (bicyclic) bond motifs is 1. The summed E-state index contributed by atoms with van der Waals surface area (Å²) in [6.07, 6.45) is 4.42.